The van der Waals surface area contributed by atoms with Gasteiger partial charge in [-0.05, 0) is 18.9 Å². The Labute approximate surface area is 104 Å². The van der Waals surface area contributed by atoms with Gasteiger partial charge >= 0.3 is 14.3 Å². The molecule has 2 rings (SSSR count). The van der Waals surface area contributed by atoms with E-state index in [1.54, 1.807) is 0 Å². The molecule has 2 atom stereocenters. The van der Waals surface area contributed by atoms with E-state index in [9.17, 15) is 4.79 Å². The van der Waals surface area contributed by atoms with E-state index in [1.807, 2.05) is 0 Å². The Morgan fingerprint density at radius 2 is 2.39 bits per heavy atom. The molecular weight excluding hydrogens is 261 g/mol. The van der Waals surface area contributed by atoms with Crippen molar-refractivity contribution in [3.8, 4) is 0 Å². The molecule has 0 aromatic carbocycles. The SMILES string of the molecule is Nc1ccn([C@H]2CC[C@@H](COP(O)O)O2)c(=O)n1. The maximum Gasteiger partial charge on any atom is 0.351 e. The Morgan fingerprint density at radius 1 is 1.61 bits per heavy atom. The molecule has 1 aliphatic heterocycles. The third kappa shape index (κ3) is 3.24. The van der Waals surface area contributed by atoms with Crippen molar-refractivity contribution in [2.75, 3.05) is 12.3 Å². The van der Waals surface area contributed by atoms with Crippen molar-refractivity contribution in [1.82, 2.24) is 9.55 Å². The lowest BCUT2D eigenvalue weighted by Crippen LogP contribution is -2.27. The molecule has 0 radical (unpaired) electrons. The van der Waals surface area contributed by atoms with Crippen LogP contribution in [0.2, 0.25) is 0 Å². The molecule has 0 aliphatic carbocycles. The number of nitrogens with zero attached hydrogens (tertiary/aromatic N) is 2. The van der Waals surface area contributed by atoms with Crippen LogP contribution in [0.25, 0.3) is 0 Å². The first-order valence-corrected chi connectivity index (χ1v) is 6.53. The Kier molecular flexibility index (Phi) is 4.26. The molecule has 100 valence electrons. The van der Waals surface area contributed by atoms with Gasteiger partial charge in [-0.2, -0.15) is 4.98 Å². The molecule has 8 nitrogen and oxygen atoms in total. The van der Waals surface area contributed by atoms with Crippen molar-refractivity contribution in [3.05, 3.63) is 22.7 Å². The van der Waals surface area contributed by atoms with Crippen LogP contribution in [0, 0.1) is 0 Å². The Hall–Kier alpha value is -1.05. The number of anilines is 1. The summed E-state index contributed by atoms with van der Waals surface area (Å²) in [4.78, 5) is 32.5. The summed E-state index contributed by atoms with van der Waals surface area (Å²) in [5.74, 6) is 0.167. The normalized spacial score (nSPS) is 23.7. The van der Waals surface area contributed by atoms with E-state index >= 15 is 0 Å². The summed E-state index contributed by atoms with van der Waals surface area (Å²) < 4.78 is 11.6. The Bertz CT molecular complexity index is 466. The van der Waals surface area contributed by atoms with E-state index < -0.39 is 20.5 Å². The van der Waals surface area contributed by atoms with E-state index in [4.69, 9.17) is 20.3 Å². The van der Waals surface area contributed by atoms with E-state index in [2.05, 4.69) is 9.51 Å². The number of nitrogen functional groups attached to an aromatic ring is 1. The van der Waals surface area contributed by atoms with Gasteiger partial charge in [0, 0.05) is 6.20 Å². The largest absolute Gasteiger partial charge is 0.383 e. The van der Waals surface area contributed by atoms with Crippen LogP contribution in [0.5, 0.6) is 0 Å². The van der Waals surface area contributed by atoms with Gasteiger partial charge in [0.15, 0.2) is 0 Å². The zero-order valence-electron chi connectivity index (χ0n) is 9.47. The predicted molar refractivity (Wildman–Crippen MR) is 63.4 cm³/mol. The van der Waals surface area contributed by atoms with Gasteiger partial charge in [0.05, 0.1) is 12.7 Å². The highest BCUT2D eigenvalue weighted by Crippen LogP contribution is 2.31. The van der Waals surface area contributed by atoms with Gasteiger partial charge in [0.2, 0.25) is 0 Å². The highest BCUT2D eigenvalue weighted by molar-refractivity contribution is 7.39. The zero-order chi connectivity index (χ0) is 13.1. The van der Waals surface area contributed by atoms with Crippen LogP contribution in [-0.4, -0.2) is 32.0 Å². The van der Waals surface area contributed by atoms with Crippen LogP contribution < -0.4 is 11.4 Å². The first-order chi connectivity index (χ1) is 8.56. The maximum absolute atomic E-state index is 11.6. The zero-order valence-corrected chi connectivity index (χ0v) is 10.4. The average molecular weight is 275 g/mol. The minimum absolute atomic E-state index is 0.0896. The summed E-state index contributed by atoms with van der Waals surface area (Å²) in [6, 6.07) is 1.52. The summed E-state index contributed by atoms with van der Waals surface area (Å²) in [5.41, 5.74) is 4.93. The maximum atomic E-state index is 11.6. The van der Waals surface area contributed by atoms with Crippen molar-refractivity contribution in [2.45, 2.75) is 25.2 Å². The van der Waals surface area contributed by atoms with Crippen LogP contribution in [0.4, 0.5) is 5.82 Å². The molecule has 9 heteroatoms. The highest BCUT2D eigenvalue weighted by Gasteiger charge is 2.28. The van der Waals surface area contributed by atoms with E-state index in [0.29, 0.717) is 12.8 Å². The van der Waals surface area contributed by atoms with Gasteiger partial charge in [0.1, 0.15) is 12.0 Å². The fourth-order valence-corrected chi connectivity index (χ4v) is 2.11. The second-order valence-corrected chi connectivity index (χ2v) is 4.64. The summed E-state index contributed by atoms with van der Waals surface area (Å²) in [7, 11) is -2.37. The van der Waals surface area contributed by atoms with Crippen LogP contribution in [-0.2, 0) is 9.26 Å². The molecule has 1 saturated heterocycles. The third-order valence-electron chi connectivity index (χ3n) is 2.62. The van der Waals surface area contributed by atoms with Crippen molar-refractivity contribution in [2.24, 2.45) is 0 Å². The van der Waals surface area contributed by atoms with Gasteiger partial charge in [-0.25, -0.2) is 4.79 Å². The minimum atomic E-state index is -2.37. The van der Waals surface area contributed by atoms with E-state index in [0.717, 1.165) is 0 Å². The summed E-state index contributed by atoms with van der Waals surface area (Å²) in [5, 5.41) is 0. The molecule has 18 heavy (non-hydrogen) atoms. The fourth-order valence-electron chi connectivity index (χ4n) is 1.81. The van der Waals surface area contributed by atoms with Crippen LogP contribution >= 0.6 is 8.60 Å². The van der Waals surface area contributed by atoms with Gasteiger partial charge in [-0.15, -0.1) is 0 Å². The quantitative estimate of drug-likeness (QED) is 0.647. The number of ether oxygens (including phenoxy) is 1. The van der Waals surface area contributed by atoms with Crippen LogP contribution in [0.1, 0.15) is 19.1 Å². The molecule has 1 fully saturated rings. The summed E-state index contributed by atoms with van der Waals surface area (Å²) in [6.07, 6.45) is 2.16. The van der Waals surface area contributed by atoms with Crippen molar-refractivity contribution >= 4 is 14.4 Å². The first kappa shape index (κ1) is 13.4. The van der Waals surface area contributed by atoms with Crippen molar-refractivity contribution in [1.29, 1.82) is 0 Å². The Balaban J connectivity index is 1.98. The summed E-state index contributed by atoms with van der Waals surface area (Å²) in [6.45, 7) is 0.0896. The third-order valence-corrected chi connectivity index (χ3v) is 3.00. The van der Waals surface area contributed by atoms with Gasteiger partial charge in [0.25, 0.3) is 0 Å². The second-order valence-electron chi connectivity index (χ2n) is 3.88. The van der Waals surface area contributed by atoms with Crippen LogP contribution in [0.15, 0.2) is 17.1 Å². The molecule has 0 unspecified atom stereocenters. The lowest BCUT2D eigenvalue weighted by Gasteiger charge is -2.15. The predicted octanol–water partition coefficient (Wildman–Crippen LogP) is -0.269. The molecule has 1 aliphatic rings. The average Bonchev–Trinajstić information content (AvgIpc) is 2.75. The van der Waals surface area contributed by atoms with E-state index in [1.165, 1.54) is 16.8 Å². The lowest BCUT2D eigenvalue weighted by atomic mass is 10.2. The summed E-state index contributed by atoms with van der Waals surface area (Å²) >= 11 is 0. The highest BCUT2D eigenvalue weighted by atomic mass is 31.2. The van der Waals surface area contributed by atoms with Gasteiger partial charge < -0.3 is 24.8 Å². The smallest absolute Gasteiger partial charge is 0.351 e. The molecule has 1 aromatic rings. The monoisotopic (exact) mass is 275 g/mol. The standard InChI is InChI=1S/C9H14N3O5P/c10-7-3-4-12(9(13)11-7)8-2-1-6(17-8)5-16-18(14)15/h3-4,6,8,14-15H,1-2,5H2,(H2,10,11,13)/t6-,8+/m0/s1. The number of rotatable bonds is 4. The minimum Gasteiger partial charge on any atom is -0.383 e. The number of hydrogen-bond donors (Lipinski definition) is 3. The van der Waals surface area contributed by atoms with E-state index in [-0.39, 0.29) is 18.5 Å². The molecule has 4 N–H and O–H groups in total. The Morgan fingerprint density at radius 3 is 3.06 bits per heavy atom. The topological polar surface area (TPSA) is 120 Å². The molecule has 0 saturated carbocycles. The molecule has 0 spiro atoms. The number of aromatic nitrogens is 2. The molecule has 0 amide bonds. The fraction of sp³-hybridized carbons (Fsp3) is 0.556. The first-order valence-electron chi connectivity index (χ1n) is 5.37. The number of hydrogen-bond acceptors (Lipinski definition) is 7. The van der Waals surface area contributed by atoms with Crippen molar-refractivity contribution < 1.29 is 19.0 Å². The van der Waals surface area contributed by atoms with Gasteiger partial charge in [-0.3, -0.25) is 4.57 Å². The van der Waals surface area contributed by atoms with Gasteiger partial charge in [-0.1, -0.05) is 0 Å². The van der Waals surface area contributed by atoms with Crippen molar-refractivity contribution in [3.63, 3.8) is 0 Å². The lowest BCUT2D eigenvalue weighted by molar-refractivity contribution is -0.0215. The molecular formula is C9H14N3O5P. The second kappa shape index (κ2) is 5.73. The molecule has 0 bridgehead atoms. The number of nitrogens with two attached hydrogens (primary N) is 1. The molecule has 2 heterocycles. The van der Waals surface area contributed by atoms with Crippen LogP contribution in [0.3, 0.4) is 0 Å². The molecule has 1 aromatic heterocycles.